The lowest BCUT2D eigenvalue weighted by molar-refractivity contribution is -0.121. The number of rotatable bonds is 4. The maximum Gasteiger partial charge on any atom is 0.224 e. The first kappa shape index (κ1) is 16.6. The summed E-state index contributed by atoms with van der Waals surface area (Å²) in [6, 6.07) is 5.56. The number of aromatic nitrogens is 2. The summed E-state index contributed by atoms with van der Waals surface area (Å²) in [5.74, 6) is -0.477. The van der Waals surface area contributed by atoms with E-state index in [-0.39, 0.29) is 35.7 Å². The predicted molar refractivity (Wildman–Crippen MR) is 87.6 cm³/mol. The van der Waals surface area contributed by atoms with Crippen molar-refractivity contribution in [3.63, 3.8) is 0 Å². The van der Waals surface area contributed by atoms with Crippen LogP contribution in [0.3, 0.4) is 0 Å². The van der Waals surface area contributed by atoms with Gasteiger partial charge in [0.05, 0.1) is 23.6 Å². The highest BCUT2D eigenvalue weighted by Gasteiger charge is 2.29. The van der Waals surface area contributed by atoms with Crippen LogP contribution in [0.4, 0.5) is 4.39 Å². The first-order valence-corrected chi connectivity index (χ1v) is 9.46. The molecule has 1 saturated heterocycles. The zero-order valence-electron chi connectivity index (χ0n) is 13.2. The van der Waals surface area contributed by atoms with Gasteiger partial charge >= 0.3 is 0 Å². The van der Waals surface area contributed by atoms with Crippen molar-refractivity contribution < 1.29 is 17.6 Å². The number of hydrogen-bond donors (Lipinski definition) is 2. The van der Waals surface area contributed by atoms with E-state index < -0.39 is 9.84 Å². The van der Waals surface area contributed by atoms with E-state index in [9.17, 15) is 17.6 Å². The minimum absolute atomic E-state index is 0.00602. The van der Waals surface area contributed by atoms with Crippen LogP contribution >= 0.6 is 0 Å². The van der Waals surface area contributed by atoms with Gasteiger partial charge in [0.15, 0.2) is 9.84 Å². The third-order valence-corrected chi connectivity index (χ3v) is 5.89. The Morgan fingerprint density at radius 2 is 2.08 bits per heavy atom. The number of carbonyl (C=O) groups excluding carboxylic acids is 1. The highest BCUT2D eigenvalue weighted by atomic mass is 32.2. The first-order chi connectivity index (χ1) is 11.3. The van der Waals surface area contributed by atoms with Gasteiger partial charge < -0.3 is 5.32 Å². The number of benzene rings is 1. The van der Waals surface area contributed by atoms with Crippen molar-refractivity contribution in [2.24, 2.45) is 0 Å². The minimum atomic E-state index is -3.04. The van der Waals surface area contributed by atoms with E-state index in [4.69, 9.17) is 0 Å². The summed E-state index contributed by atoms with van der Waals surface area (Å²) in [4.78, 5) is 12.3. The van der Waals surface area contributed by atoms with Crippen molar-refractivity contribution in [2.75, 3.05) is 11.5 Å². The molecular formula is C16H18FN3O3S. The Bertz CT molecular complexity index is 859. The van der Waals surface area contributed by atoms with E-state index in [1.54, 1.807) is 12.1 Å². The van der Waals surface area contributed by atoms with E-state index in [0.717, 1.165) is 11.3 Å². The van der Waals surface area contributed by atoms with Crippen molar-refractivity contribution in [1.82, 2.24) is 15.5 Å². The van der Waals surface area contributed by atoms with Gasteiger partial charge in [-0.05, 0) is 37.6 Å². The lowest BCUT2D eigenvalue weighted by Crippen LogP contribution is -2.36. The second-order valence-electron chi connectivity index (χ2n) is 6.03. The number of amides is 1. The molecule has 1 aromatic carbocycles. The fourth-order valence-corrected chi connectivity index (χ4v) is 4.54. The number of aromatic amines is 1. The van der Waals surface area contributed by atoms with E-state index in [1.807, 2.05) is 6.92 Å². The molecule has 6 nitrogen and oxygen atoms in total. The van der Waals surface area contributed by atoms with E-state index >= 15 is 0 Å². The Hall–Kier alpha value is -2.22. The zero-order valence-corrected chi connectivity index (χ0v) is 14.0. The molecule has 1 amide bonds. The van der Waals surface area contributed by atoms with Crippen LogP contribution in [0.15, 0.2) is 24.3 Å². The summed E-state index contributed by atoms with van der Waals surface area (Å²) in [6.45, 7) is 1.81. The number of nitrogens with zero attached hydrogens (tertiary/aromatic N) is 1. The molecule has 8 heteroatoms. The predicted octanol–water partition coefficient (Wildman–Crippen LogP) is 1.37. The lowest BCUT2D eigenvalue weighted by atomic mass is 10.0. The number of hydrogen-bond acceptors (Lipinski definition) is 4. The molecule has 128 valence electrons. The van der Waals surface area contributed by atoms with Gasteiger partial charge in [0.25, 0.3) is 0 Å². The molecule has 0 aliphatic carbocycles. The molecule has 0 unspecified atom stereocenters. The smallest absolute Gasteiger partial charge is 0.224 e. The third kappa shape index (κ3) is 3.64. The van der Waals surface area contributed by atoms with E-state index in [2.05, 4.69) is 15.5 Å². The fourth-order valence-electron chi connectivity index (χ4n) is 2.86. The van der Waals surface area contributed by atoms with Crippen LogP contribution in [0.2, 0.25) is 0 Å². The molecule has 2 N–H and O–H groups in total. The molecule has 0 bridgehead atoms. The molecule has 2 aromatic rings. The number of aryl methyl sites for hydroxylation is 1. The van der Waals surface area contributed by atoms with Crippen LogP contribution in [0.1, 0.15) is 17.7 Å². The quantitative estimate of drug-likeness (QED) is 0.870. The Balaban J connectivity index is 1.74. The van der Waals surface area contributed by atoms with Gasteiger partial charge in [0.1, 0.15) is 5.82 Å². The molecule has 1 aromatic heterocycles. The van der Waals surface area contributed by atoms with Crippen LogP contribution < -0.4 is 5.32 Å². The van der Waals surface area contributed by atoms with Crippen LogP contribution in [-0.2, 0) is 21.1 Å². The summed E-state index contributed by atoms with van der Waals surface area (Å²) in [5, 5.41) is 9.81. The van der Waals surface area contributed by atoms with Crippen LogP contribution in [0.25, 0.3) is 11.3 Å². The van der Waals surface area contributed by atoms with E-state index in [1.165, 1.54) is 12.1 Å². The van der Waals surface area contributed by atoms with Crippen molar-refractivity contribution in [3.8, 4) is 11.3 Å². The highest BCUT2D eigenvalue weighted by molar-refractivity contribution is 7.91. The van der Waals surface area contributed by atoms with Crippen molar-refractivity contribution in [1.29, 1.82) is 0 Å². The van der Waals surface area contributed by atoms with Gasteiger partial charge in [-0.2, -0.15) is 5.10 Å². The number of nitrogens with one attached hydrogen (secondary N) is 2. The van der Waals surface area contributed by atoms with Gasteiger partial charge in [0.2, 0.25) is 5.91 Å². The fraction of sp³-hybridized carbons (Fsp3) is 0.375. The maximum absolute atomic E-state index is 13.1. The lowest BCUT2D eigenvalue weighted by Gasteiger charge is -2.11. The van der Waals surface area contributed by atoms with Crippen molar-refractivity contribution in [3.05, 3.63) is 41.3 Å². The average molecular weight is 351 g/mol. The first-order valence-electron chi connectivity index (χ1n) is 7.63. The molecule has 1 aliphatic rings. The summed E-state index contributed by atoms with van der Waals surface area (Å²) in [5.41, 5.74) is 2.79. The molecular weight excluding hydrogens is 333 g/mol. The molecule has 3 rings (SSSR count). The van der Waals surface area contributed by atoms with Crippen LogP contribution in [0, 0.1) is 12.7 Å². The normalized spacial score (nSPS) is 19.3. The minimum Gasteiger partial charge on any atom is -0.352 e. The Kier molecular flexibility index (Phi) is 4.40. The number of halogens is 1. The van der Waals surface area contributed by atoms with E-state index in [0.29, 0.717) is 17.7 Å². The SMILES string of the molecule is Cc1[nH]nc(-c2ccc(F)cc2)c1CC(=O)N[C@@H]1CCS(=O)(=O)C1. The van der Waals surface area contributed by atoms with Gasteiger partial charge in [-0.15, -0.1) is 0 Å². The summed E-state index contributed by atoms with van der Waals surface area (Å²) in [6.07, 6.45) is 0.537. The molecule has 1 atom stereocenters. The van der Waals surface area contributed by atoms with Gasteiger partial charge in [-0.25, -0.2) is 12.8 Å². The monoisotopic (exact) mass is 351 g/mol. The highest BCUT2D eigenvalue weighted by Crippen LogP contribution is 2.24. The van der Waals surface area contributed by atoms with Crippen molar-refractivity contribution in [2.45, 2.75) is 25.8 Å². The molecule has 2 heterocycles. The second-order valence-corrected chi connectivity index (χ2v) is 8.26. The largest absolute Gasteiger partial charge is 0.352 e. The molecule has 24 heavy (non-hydrogen) atoms. The molecule has 1 aliphatic heterocycles. The van der Waals surface area contributed by atoms with Crippen LogP contribution in [-0.4, -0.2) is 42.1 Å². The zero-order chi connectivity index (χ0) is 17.3. The molecule has 0 radical (unpaired) electrons. The summed E-state index contributed by atoms with van der Waals surface area (Å²) >= 11 is 0. The van der Waals surface area contributed by atoms with Crippen LogP contribution in [0.5, 0.6) is 0 Å². The summed E-state index contributed by atoms with van der Waals surface area (Å²) in [7, 11) is -3.04. The standard InChI is InChI=1S/C16H18FN3O3S/c1-10-14(8-15(21)18-13-6-7-24(22,23)9-13)16(20-19-10)11-2-4-12(17)5-3-11/h2-5,13H,6-9H2,1H3,(H,18,21)(H,19,20)/t13-/m1/s1. The number of carbonyl (C=O) groups is 1. The number of sulfone groups is 1. The Morgan fingerprint density at radius 1 is 1.38 bits per heavy atom. The average Bonchev–Trinajstić information content (AvgIpc) is 3.03. The topological polar surface area (TPSA) is 91.9 Å². The Morgan fingerprint density at radius 3 is 2.71 bits per heavy atom. The molecule has 1 fully saturated rings. The van der Waals surface area contributed by atoms with Crippen molar-refractivity contribution >= 4 is 15.7 Å². The van der Waals surface area contributed by atoms with Gasteiger partial charge in [0, 0.05) is 22.9 Å². The van der Waals surface area contributed by atoms with Gasteiger partial charge in [-0.1, -0.05) is 0 Å². The molecule has 0 saturated carbocycles. The number of H-pyrrole nitrogens is 1. The second kappa shape index (κ2) is 6.35. The van der Waals surface area contributed by atoms with Gasteiger partial charge in [-0.3, -0.25) is 9.89 Å². The molecule has 0 spiro atoms. The third-order valence-electron chi connectivity index (χ3n) is 4.13. The summed E-state index contributed by atoms with van der Waals surface area (Å²) < 4.78 is 36.0. The maximum atomic E-state index is 13.1. The Labute approximate surface area is 139 Å².